The molecule has 5 nitrogen and oxygen atoms in total. The Hall–Kier alpha value is -1.33. The molecule has 1 aliphatic heterocycles. The second-order valence-electron chi connectivity index (χ2n) is 4.30. The highest BCUT2D eigenvalue weighted by molar-refractivity contribution is 6.33. The van der Waals surface area contributed by atoms with Crippen LogP contribution in [0.15, 0.2) is 18.2 Å². The number of para-hydroxylation sites is 1. The van der Waals surface area contributed by atoms with Gasteiger partial charge in [-0.2, -0.15) is 0 Å². The molecule has 92 valence electrons. The first-order valence-electron chi connectivity index (χ1n) is 5.37. The Morgan fingerprint density at radius 1 is 1.59 bits per heavy atom. The minimum absolute atomic E-state index is 0.0179. The summed E-state index contributed by atoms with van der Waals surface area (Å²) in [7, 11) is 0. The summed E-state index contributed by atoms with van der Waals surface area (Å²) in [5.41, 5.74) is -0.361. The van der Waals surface area contributed by atoms with E-state index in [0.717, 1.165) is 0 Å². The van der Waals surface area contributed by atoms with Crippen LogP contribution in [0.3, 0.4) is 0 Å². The van der Waals surface area contributed by atoms with Gasteiger partial charge in [-0.1, -0.05) is 24.6 Å². The van der Waals surface area contributed by atoms with Crippen LogP contribution in [0.2, 0.25) is 5.02 Å². The largest absolute Gasteiger partial charge is 0.386 e. The fourth-order valence-electron chi connectivity index (χ4n) is 2.01. The molecular weight excluding hydrogens is 244 g/mol. The molecule has 0 amide bonds. The third kappa shape index (κ3) is 2.08. The van der Waals surface area contributed by atoms with Crippen molar-refractivity contribution < 1.29 is 10.0 Å². The average Bonchev–Trinajstić information content (AvgIpc) is 2.24. The van der Waals surface area contributed by atoms with E-state index in [1.807, 2.05) is 6.92 Å². The molecule has 2 rings (SSSR count). The van der Waals surface area contributed by atoms with Crippen LogP contribution < -0.4 is 4.90 Å². The van der Waals surface area contributed by atoms with Gasteiger partial charge < -0.3 is 10.0 Å². The summed E-state index contributed by atoms with van der Waals surface area (Å²) >= 11 is 5.99. The third-order valence-corrected chi connectivity index (χ3v) is 3.41. The lowest BCUT2D eigenvalue weighted by Gasteiger charge is -2.47. The summed E-state index contributed by atoms with van der Waals surface area (Å²) in [6, 6.07) is 4.59. The number of anilines is 1. The van der Waals surface area contributed by atoms with E-state index in [-0.39, 0.29) is 5.69 Å². The van der Waals surface area contributed by atoms with Crippen molar-refractivity contribution in [3.8, 4) is 0 Å². The van der Waals surface area contributed by atoms with Crippen LogP contribution in [0.1, 0.15) is 13.3 Å². The predicted octanol–water partition coefficient (Wildman–Crippen LogP) is 2.21. The maximum Gasteiger partial charge on any atom is 0.294 e. The maximum atomic E-state index is 10.9. The van der Waals surface area contributed by atoms with E-state index in [4.69, 9.17) is 11.6 Å². The van der Waals surface area contributed by atoms with Gasteiger partial charge in [0.1, 0.15) is 5.69 Å². The molecule has 1 aliphatic rings. The Labute approximate surface area is 104 Å². The average molecular weight is 257 g/mol. The molecule has 0 saturated carbocycles. The normalized spacial score (nSPS) is 17.7. The van der Waals surface area contributed by atoms with E-state index in [1.165, 1.54) is 6.07 Å². The standard InChI is InChI=1S/C11H13ClN2O3/c1-2-11(15)6-13(7-11)10-8(12)4-3-5-9(10)14(16)17/h3-5,15H,2,6-7H2,1H3. The Bertz CT molecular complexity index is 458. The summed E-state index contributed by atoms with van der Waals surface area (Å²) in [6.45, 7) is 2.65. The van der Waals surface area contributed by atoms with Gasteiger partial charge in [-0.3, -0.25) is 10.1 Å². The molecule has 0 aromatic heterocycles. The molecule has 1 N–H and O–H groups in total. The van der Waals surface area contributed by atoms with Gasteiger partial charge >= 0.3 is 0 Å². The fraction of sp³-hybridized carbons (Fsp3) is 0.455. The molecule has 0 atom stereocenters. The number of nitrogens with zero attached hydrogens (tertiary/aromatic N) is 2. The molecule has 1 aromatic carbocycles. The third-order valence-electron chi connectivity index (χ3n) is 3.11. The van der Waals surface area contributed by atoms with E-state index >= 15 is 0 Å². The lowest BCUT2D eigenvalue weighted by Crippen LogP contribution is -2.61. The van der Waals surface area contributed by atoms with Gasteiger partial charge in [0.25, 0.3) is 5.69 Å². The molecule has 0 bridgehead atoms. The number of β-amino-alcohol motifs (C(OH)–C–C–N with tert-alkyl or cyclic N) is 1. The summed E-state index contributed by atoms with van der Waals surface area (Å²) in [5, 5.41) is 21.2. The quantitative estimate of drug-likeness (QED) is 0.665. The molecule has 0 unspecified atom stereocenters. The zero-order valence-electron chi connectivity index (χ0n) is 9.39. The van der Waals surface area contributed by atoms with Gasteiger partial charge in [0.15, 0.2) is 0 Å². The lowest BCUT2D eigenvalue weighted by molar-refractivity contribution is -0.384. The van der Waals surface area contributed by atoms with E-state index in [9.17, 15) is 15.2 Å². The van der Waals surface area contributed by atoms with Crippen LogP contribution >= 0.6 is 11.6 Å². The van der Waals surface area contributed by atoms with Crippen LogP contribution in [0.25, 0.3) is 0 Å². The summed E-state index contributed by atoms with van der Waals surface area (Å²) in [5.74, 6) is 0. The molecule has 0 aliphatic carbocycles. The molecule has 17 heavy (non-hydrogen) atoms. The van der Waals surface area contributed by atoms with E-state index in [1.54, 1.807) is 17.0 Å². The molecule has 1 heterocycles. The van der Waals surface area contributed by atoms with Gasteiger partial charge in [0.2, 0.25) is 0 Å². The minimum Gasteiger partial charge on any atom is -0.386 e. The molecule has 1 fully saturated rings. The van der Waals surface area contributed by atoms with Crippen LogP contribution in [-0.2, 0) is 0 Å². The molecule has 6 heteroatoms. The molecule has 0 spiro atoms. The number of hydrogen-bond donors (Lipinski definition) is 1. The second kappa shape index (κ2) is 4.16. The SMILES string of the molecule is CCC1(O)CN(c2c(Cl)cccc2[N+](=O)[O-])C1. The zero-order valence-corrected chi connectivity index (χ0v) is 10.1. The number of benzene rings is 1. The van der Waals surface area contributed by atoms with E-state index in [2.05, 4.69) is 0 Å². The van der Waals surface area contributed by atoms with Crippen molar-refractivity contribution in [2.24, 2.45) is 0 Å². The summed E-state index contributed by atoms with van der Waals surface area (Å²) in [4.78, 5) is 12.2. The molecule has 0 radical (unpaired) electrons. The number of aliphatic hydroxyl groups is 1. The summed E-state index contributed by atoms with van der Waals surface area (Å²) < 4.78 is 0. The number of hydrogen-bond acceptors (Lipinski definition) is 4. The molecule has 1 saturated heterocycles. The van der Waals surface area contributed by atoms with E-state index < -0.39 is 10.5 Å². The van der Waals surface area contributed by atoms with Crippen LogP contribution in [0.5, 0.6) is 0 Å². The van der Waals surface area contributed by atoms with Crippen LogP contribution in [-0.4, -0.2) is 28.7 Å². The Morgan fingerprint density at radius 2 is 2.24 bits per heavy atom. The molecule has 1 aromatic rings. The maximum absolute atomic E-state index is 10.9. The van der Waals surface area contributed by atoms with Crippen LogP contribution in [0, 0.1) is 10.1 Å². The highest BCUT2D eigenvalue weighted by Gasteiger charge is 2.42. The first-order valence-corrected chi connectivity index (χ1v) is 5.75. The zero-order chi connectivity index (χ0) is 12.6. The van der Waals surface area contributed by atoms with Crippen LogP contribution in [0.4, 0.5) is 11.4 Å². The smallest absolute Gasteiger partial charge is 0.294 e. The predicted molar refractivity (Wildman–Crippen MR) is 65.6 cm³/mol. The number of halogens is 1. The Morgan fingerprint density at radius 3 is 2.76 bits per heavy atom. The van der Waals surface area contributed by atoms with Crippen molar-refractivity contribution >= 4 is 23.0 Å². The van der Waals surface area contributed by atoms with Crippen molar-refractivity contribution in [3.05, 3.63) is 33.3 Å². The van der Waals surface area contributed by atoms with Crippen molar-refractivity contribution in [1.29, 1.82) is 0 Å². The number of nitro benzene ring substituents is 1. The van der Waals surface area contributed by atoms with Gasteiger partial charge in [-0.25, -0.2) is 0 Å². The van der Waals surface area contributed by atoms with Crippen molar-refractivity contribution in [2.75, 3.05) is 18.0 Å². The minimum atomic E-state index is -0.743. The Balaban J connectivity index is 2.31. The first-order chi connectivity index (χ1) is 7.97. The van der Waals surface area contributed by atoms with Gasteiger partial charge in [-0.15, -0.1) is 0 Å². The first kappa shape index (κ1) is 12.1. The van der Waals surface area contributed by atoms with Gasteiger partial charge in [0, 0.05) is 19.2 Å². The monoisotopic (exact) mass is 256 g/mol. The fourth-order valence-corrected chi connectivity index (χ4v) is 2.30. The number of rotatable bonds is 3. The van der Waals surface area contributed by atoms with E-state index in [0.29, 0.717) is 30.2 Å². The van der Waals surface area contributed by atoms with Gasteiger partial charge in [-0.05, 0) is 12.5 Å². The Kier molecular flexibility index (Phi) is 2.97. The second-order valence-corrected chi connectivity index (χ2v) is 4.71. The highest BCUT2D eigenvalue weighted by Crippen LogP contribution is 2.40. The summed E-state index contributed by atoms with van der Waals surface area (Å²) in [6.07, 6.45) is 0.627. The van der Waals surface area contributed by atoms with Gasteiger partial charge in [0.05, 0.1) is 15.5 Å². The highest BCUT2D eigenvalue weighted by atomic mass is 35.5. The lowest BCUT2D eigenvalue weighted by atomic mass is 9.90. The topological polar surface area (TPSA) is 66.6 Å². The van der Waals surface area contributed by atoms with Crippen molar-refractivity contribution in [3.63, 3.8) is 0 Å². The van der Waals surface area contributed by atoms with Crippen molar-refractivity contribution in [1.82, 2.24) is 0 Å². The van der Waals surface area contributed by atoms with Crippen molar-refractivity contribution in [2.45, 2.75) is 18.9 Å². The molecular formula is C11H13ClN2O3. The number of nitro groups is 1.